The third-order valence-electron chi connectivity index (χ3n) is 3.06. The number of halogens is 2. The number of nitrogens with zero attached hydrogens (tertiary/aromatic N) is 1. The first-order chi connectivity index (χ1) is 9.17. The number of carbonyl (C=O) groups is 1. The van der Waals surface area contributed by atoms with Crippen molar-refractivity contribution in [3.63, 3.8) is 0 Å². The maximum absolute atomic E-state index is 11.5. The molecule has 1 aromatic carbocycles. The zero-order valence-electron chi connectivity index (χ0n) is 12.8. The van der Waals surface area contributed by atoms with Crippen LogP contribution in [0.25, 0.3) is 0 Å². The van der Waals surface area contributed by atoms with Crippen molar-refractivity contribution in [1.82, 2.24) is 5.32 Å². The number of amides is 1. The Labute approximate surface area is 140 Å². The quantitative estimate of drug-likeness (QED) is 0.767. The van der Waals surface area contributed by atoms with Gasteiger partial charge in [0.25, 0.3) is 0 Å². The Morgan fingerprint density at radius 2 is 2.05 bits per heavy atom. The van der Waals surface area contributed by atoms with E-state index >= 15 is 0 Å². The summed E-state index contributed by atoms with van der Waals surface area (Å²) < 4.78 is 0. The largest absolute Gasteiger partial charge is 0.370 e. The maximum Gasteiger partial charge on any atom is 0.220 e. The standard InChI is InChI=1S/C15H25N3O.2ClH/c1-3-18(14-7-4-6-13(2)12-14)11-10-17-15(19)8-5-9-16;;/h4,6-7,12H,3,5,8-11,16H2,1-2H3,(H,17,19);2*1H. The molecular weight excluding hydrogens is 309 g/mol. The third-order valence-corrected chi connectivity index (χ3v) is 3.06. The Morgan fingerprint density at radius 3 is 2.62 bits per heavy atom. The van der Waals surface area contributed by atoms with Crippen molar-refractivity contribution < 1.29 is 4.79 Å². The number of hydrogen-bond donors (Lipinski definition) is 2. The van der Waals surface area contributed by atoms with Gasteiger partial charge in [-0.3, -0.25) is 4.79 Å². The second-order valence-corrected chi connectivity index (χ2v) is 4.66. The van der Waals surface area contributed by atoms with E-state index < -0.39 is 0 Å². The lowest BCUT2D eigenvalue weighted by atomic mass is 10.2. The van der Waals surface area contributed by atoms with Crippen molar-refractivity contribution >= 4 is 36.4 Å². The fourth-order valence-electron chi connectivity index (χ4n) is 1.98. The van der Waals surface area contributed by atoms with Gasteiger partial charge in [0, 0.05) is 31.7 Å². The second kappa shape index (κ2) is 12.7. The van der Waals surface area contributed by atoms with Crippen LogP contribution in [0, 0.1) is 6.92 Å². The average Bonchev–Trinajstić information content (AvgIpc) is 2.41. The van der Waals surface area contributed by atoms with Crippen LogP contribution < -0.4 is 16.0 Å². The van der Waals surface area contributed by atoms with E-state index in [1.54, 1.807) is 0 Å². The fourth-order valence-corrected chi connectivity index (χ4v) is 1.98. The van der Waals surface area contributed by atoms with Gasteiger partial charge in [-0.15, -0.1) is 24.8 Å². The minimum absolute atomic E-state index is 0. The summed E-state index contributed by atoms with van der Waals surface area (Å²) in [7, 11) is 0. The molecule has 3 N–H and O–H groups in total. The summed E-state index contributed by atoms with van der Waals surface area (Å²) in [5, 5.41) is 2.93. The van der Waals surface area contributed by atoms with Crippen molar-refractivity contribution in [3.05, 3.63) is 29.8 Å². The highest BCUT2D eigenvalue weighted by Gasteiger charge is 2.05. The van der Waals surface area contributed by atoms with Gasteiger partial charge in [-0.05, 0) is 44.5 Å². The number of anilines is 1. The number of benzene rings is 1. The predicted molar refractivity (Wildman–Crippen MR) is 94.9 cm³/mol. The highest BCUT2D eigenvalue weighted by molar-refractivity contribution is 5.85. The highest BCUT2D eigenvalue weighted by atomic mass is 35.5. The Bertz CT molecular complexity index is 402. The first kappa shape index (κ1) is 22.3. The van der Waals surface area contributed by atoms with E-state index in [4.69, 9.17) is 5.73 Å². The molecule has 1 aromatic rings. The van der Waals surface area contributed by atoms with Crippen molar-refractivity contribution in [2.75, 3.05) is 31.1 Å². The van der Waals surface area contributed by atoms with Crippen molar-refractivity contribution in [2.45, 2.75) is 26.7 Å². The number of hydrogen-bond acceptors (Lipinski definition) is 3. The van der Waals surface area contributed by atoms with Crippen LogP contribution >= 0.6 is 24.8 Å². The molecule has 0 aliphatic rings. The van der Waals surface area contributed by atoms with E-state index in [9.17, 15) is 4.79 Å². The lowest BCUT2D eigenvalue weighted by Crippen LogP contribution is -2.35. The normalized spacial score (nSPS) is 9.29. The molecule has 0 heterocycles. The summed E-state index contributed by atoms with van der Waals surface area (Å²) >= 11 is 0. The van der Waals surface area contributed by atoms with Crippen molar-refractivity contribution in [1.29, 1.82) is 0 Å². The molecule has 4 nitrogen and oxygen atoms in total. The van der Waals surface area contributed by atoms with Gasteiger partial charge in [0.15, 0.2) is 0 Å². The van der Waals surface area contributed by atoms with Gasteiger partial charge < -0.3 is 16.0 Å². The molecule has 0 saturated heterocycles. The average molecular weight is 336 g/mol. The smallest absolute Gasteiger partial charge is 0.220 e. The molecule has 0 aliphatic heterocycles. The molecule has 0 atom stereocenters. The molecule has 1 amide bonds. The Morgan fingerprint density at radius 1 is 1.33 bits per heavy atom. The summed E-state index contributed by atoms with van der Waals surface area (Å²) in [6.45, 7) is 7.21. The van der Waals surface area contributed by atoms with Gasteiger partial charge >= 0.3 is 0 Å². The third kappa shape index (κ3) is 8.81. The molecule has 0 unspecified atom stereocenters. The van der Waals surface area contributed by atoms with E-state index in [1.165, 1.54) is 11.3 Å². The molecular formula is C15H27Cl2N3O. The molecule has 0 aromatic heterocycles. The molecule has 1 rings (SSSR count). The first-order valence-corrected chi connectivity index (χ1v) is 6.95. The molecule has 0 aliphatic carbocycles. The van der Waals surface area contributed by atoms with E-state index in [-0.39, 0.29) is 30.7 Å². The van der Waals surface area contributed by atoms with Crippen LogP contribution in [0.2, 0.25) is 0 Å². The minimum atomic E-state index is 0. The number of nitrogens with one attached hydrogen (secondary N) is 1. The molecule has 0 saturated carbocycles. The summed E-state index contributed by atoms with van der Waals surface area (Å²) in [6, 6.07) is 8.42. The van der Waals surface area contributed by atoms with Crippen LogP contribution in [-0.2, 0) is 4.79 Å². The Balaban J connectivity index is 0. The van der Waals surface area contributed by atoms with Crippen LogP contribution in [0.3, 0.4) is 0 Å². The zero-order chi connectivity index (χ0) is 14.1. The first-order valence-electron chi connectivity index (χ1n) is 6.95. The topological polar surface area (TPSA) is 58.4 Å². The van der Waals surface area contributed by atoms with Crippen LogP contribution in [0.1, 0.15) is 25.3 Å². The van der Waals surface area contributed by atoms with Gasteiger partial charge in [-0.25, -0.2) is 0 Å². The number of likely N-dealkylation sites (N-methyl/N-ethyl adjacent to an activating group) is 1. The van der Waals surface area contributed by atoms with Gasteiger partial charge in [-0.1, -0.05) is 12.1 Å². The van der Waals surface area contributed by atoms with Gasteiger partial charge in [0.05, 0.1) is 0 Å². The van der Waals surface area contributed by atoms with Crippen LogP contribution in [-0.4, -0.2) is 32.1 Å². The minimum Gasteiger partial charge on any atom is -0.370 e. The molecule has 0 spiro atoms. The lowest BCUT2D eigenvalue weighted by Gasteiger charge is -2.23. The van der Waals surface area contributed by atoms with Crippen molar-refractivity contribution in [3.8, 4) is 0 Å². The van der Waals surface area contributed by atoms with E-state index in [0.717, 1.165) is 19.5 Å². The molecule has 0 bridgehead atoms. The SMILES string of the molecule is CCN(CCNC(=O)CCCN)c1cccc(C)c1.Cl.Cl. The van der Waals surface area contributed by atoms with Crippen LogP contribution in [0.4, 0.5) is 5.69 Å². The number of carbonyl (C=O) groups excluding carboxylic acids is 1. The van der Waals surface area contributed by atoms with E-state index in [1.807, 2.05) is 0 Å². The Kier molecular flexibility index (Phi) is 13.5. The summed E-state index contributed by atoms with van der Waals surface area (Å²) in [5.74, 6) is 0.0887. The molecule has 21 heavy (non-hydrogen) atoms. The zero-order valence-corrected chi connectivity index (χ0v) is 14.4. The highest BCUT2D eigenvalue weighted by Crippen LogP contribution is 2.14. The number of aryl methyl sites for hydroxylation is 1. The Hall–Kier alpha value is -0.970. The van der Waals surface area contributed by atoms with Crippen LogP contribution in [0.15, 0.2) is 24.3 Å². The molecule has 0 fully saturated rings. The monoisotopic (exact) mass is 335 g/mol. The second-order valence-electron chi connectivity index (χ2n) is 4.66. The fraction of sp³-hybridized carbons (Fsp3) is 0.533. The number of nitrogens with two attached hydrogens (primary N) is 1. The van der Waals surface area contributed by atoms with Gasteiger partial charge in [-0.2, -0.15) is 0 Å². The van der Waals surface area contributed by atoms with Gasteiger partial charge in [0.1, 0.15) is 0 Å². The van der Waals surface area contributed by atoms with Gasteiger partial charge in [0.2, 0.25) is 5.91 Å². The van der Waals surface area contributed by atoms with E-state index in [2.05, 4.69) is 48.3 Å². The molecule has 0 radical (unpaired) electrons. The number of rotatable bonds is 8. The molecule has 6 heteroatoms. The lowest BCUT2D eigenvalue weighted by molar-refractivity contribution is -0.121. The summed E-state index contributed by atoms with van der Waals surface area (Å²) in [4.78, 5) is 13.7. The molecule has 122 valence electrons. The maximum atomic E-state index is 11.5. The van der Waals surface area contributed by atoms with E-state index in [0.29, 0.717) is 19.5 Å². The summed E-state index contributed by atoms with van der Waals surface area (Å²) in [5.41, 5.74) is 7.84. The predicted octanol–water partition coefficient (Wildman–Crippen LogP) is 2.52. The van der Waals surface area contributed by atoms with Crippen LogP contribution in [0.5, 0.6) is 0 Å². The summed E-state index contributed by atoms with van der Waals surface area (Å²) in [6.07, 6.45) is 1.27. The van der Waals surface area contributed by atoms with Crippen molar-refractivity contribution in [2.24, 2.45) is 5.73 Å².